The van der Waals surface area contributed by atoms with E-state index in [2.05, 4.69) is 17.5 Å². The van der Waals surface area contributed by atoms with Crippen molar-refractivity contribution < 1.29 is 29.9 Å². The van der Waals surface area contributed by atoms with Gasteiger partial charge in [0.25, 0.3) is 0 Å². The number of halogens is 6. The quantitative estimate of drug-likeness (QED) is 0.245. The molecule has 0 N–H and O–H groups in total. The predicted octanol–water partition coefficient (Wildman–Crippen LogP) is 6.78. The Bertz CT molecular complexity index is 696. The van der Waals surface area contributed by atoms with E-state index in [1.54, 1.807) is 24.3 Å². The molecule has 0 radical (unpaired) electrons. The van der Waals surface area contributed by atoms with Gasteiger partial charge < -0.3 is 4.74 Å². The van der Waals surface area contributed by atoms with Crippen molar-refractivity contribution in [1.82, 2.24) is 0 Å². The number of nitrogens with zero attached hydrogens (tertiary/aromatic N) is 1. The predicted molar refractivity (Wildman–Crippen MR) is 81.2 cm³/mol. The van der Waals surface area contributed by atoms with Crippen LogP contribution in [0.1, 0.15) is 0 Å². The maximum Gasteiger partial charge on any atom is 0.187 e. The molecule has 0 saturated heterocycles. The largest absolute Gasteiger partial charge is 0.457 e. The van der Waals surface area contributed by atoms with Crippen molar-refractivity contribution >= 4 is 26.1 Å². The molecule has 0 atom stereocenters. The van der Waals surface area contributed by atoms with Crippen molar-refractivity contribution in [2.75, 3.05) is 0 Å². The van der Waals surface area contributed by atoms with Crippen molar-refractivity contribution in [1.29, 1.82) is 0 Å². The van der Waals surface area contributed by atoms with Gasteiger partial charge in [0.15, 0.2) is 10.6 Å². The summed E-state index contributed by atoms with van der Waals surface area (Å²) in [5, 5.41) is 0. The average molecular weight is 373 g/mol. The molecule has 126 valence electrons. The Labute approximate surface area is 133 Å². The minimum absolute atomic E-state index is 0.614. The maximum atomic E-state index is 9.87. The van der Waals surface area contributed by atoms with Crippen molar-refractivity contribution in [2.24, 2.45) is 0 Å². The summed E-state index contributed by atoms with van der Waals surface area (Å²) in [4.78, 5) is 4.33. The fourth-order valence-corrected chi connectivity index (χ4v) is 1.41. The number of hydrogen-bond acceptors (Lipinski definition) is 1. The Balaban J connectivity index is 0.000000322. The zero-order chi connectivity index (χ0) is 17.8. The molecule has 0 fully saturated rings. The first-order valence-electron chi connectivity index (χ1n) is 5.76. The minimum atomic E-state index is -10.7. The fourth-order valence-electron chi connectivity index (χ4n) is 1.25. The van der Waals surface area contributed by atoms with Gasteiger partial charge in [-0.2, -0.15) is 0 Å². The Morgan fingerprint density at radius 3 is 1.48 bits per heavy atom. The van der Waals surface area contributed by atoms with E-state index in [0.29, 0.717) is 5.69 Å². The van der Waals surface area contributed by atoms with Crippen LogP contribution in [0.25, 0.3) is 4.85 Å². The van der Waals surface area contributed by atoms with Crippen molar-refractivity contribution in [3.05, 3.63) is 59.9 Å². The molecule has 2 nitrogen and oxygen atoms in total. The van der Waals surface area contributed by atoms with Crippen molar-refractivity contribution in [3.63, 3.8) is 0 Å². The Hall–Kier alpha value is -1.91. The second-order valence-electron chi connectivity index (χ2n) is 4.19. The molecule has 0 aromatic heterocycles. The van der Waals surface area contributed by atoms with Crippen molar-refractivity contribution in [2.45, 2.75) is 4.90 Å². The monoisotopic (exact) mass is 373 g/mol. The Morgan fingerprint density at radius 1 is 0.783 bits per heavy atom. The van der Waals surface area contributed by atoms with Crippen LogP contribution >= 0.6 is 7.81 Å². The summed E-state index contributed by atoms with van der Waals surface area (Å²) in [6.07, 6.45) is 0. The van der Waals surface area contributed by atoms with Crippen LogP contribution in [0.3, 0.4) is 0 Å². The van der Waals surface area contributed by atoms with E-state index in [9.17, 15) is 25.2 Å². The summed E-state index contributed by atoms with van der Waals surface area (Å²) in [6, 6.07) is 14.6. The van der Waals surface area contributed by atoms with Gasteiger partial charge in [-0.15, -0.1) is 0 Å². The molecule has 0 spiro atoms. The normalized spacial score (nSPS) is 13.7. The summed E-state index contributed by atoms with van der Waals surface area (Å²) in [5.74, 6) is 1.51. The molecule has 2 aromatic rings. The van der Waals surface area contributed by atoms with Crippen LogP contribution in [0.15, 0.2) is 53.4 Å². The van der Waals surface area contributed by atoms with Crippen LogP contribution < -0.4 is 4.74 Å². The van der Waals surface area contributed by atoms with Gasteiger partial charge in [-0.05, 0) is 49.0 Å². The molecule has 0 aliphatic carbocycles. The molecule has 0 heterocycles. The third kappa shape index (κ3) is 11.3. The van der Waals surface area contributed by atoms with Crippen LogP contribution in [0, 0.1) is 6.57 Å². The van der Waals surface area contributed by atoms with E-state index >= 15 is 0 Å². The molecule has 2 rings (SSSR count). The number of rotatable bonds is 2. The molecular weight excluding hydrogens is 363 g/mol. The third-order valence-corrected chi connectivity index (χ3v) is 2.39. The minimum Gasteiger partial charge on any atom is -0.457 e. The first-order chi connectivity index (χ1) is 10.2. The van der Waals surface area contributed by atoms with Gasteiger partial charge in [0.1, 0.15) is 11.5 Å². The van der Waals surface area contributed by atoms with Gasteiger partial charge in [0, 0.05) is 0 Å². The Morgan fingerprint density at radius 2 is 1.13 bits per heavy atom. The first-order valence-corrected chi connectivity index (χ1v) is 8.29. The van der Waals surface area contributed by atoms with Gasteiger partial charge in [-0.1, -0.05) is 12.1 Å². The van der Waals surface area contributed by atoms with E-state index in [4.69, 9.17) is 11.3 Å². The fraction of sp³-hybridized carbons (Fsp3) is 0. The molecule has 0 aliphatic rings. The van der Waals surface area contributed by atoms with E-state index in [0.717, 1.165) is 16.4 Å². The molecule has 10 heteroatoms. The molecule has 0 aliphatic heterocycles. The van der Waals surface area contributed by atoms with Crippen LogP contribution in [-0.2, 0) is 12.6 Å². The van der Waals surface area contributed by atoms with E-state index in [1.165, 1.54) is 0 Å². The number of hydrogen-bond donors (Lipinski definition) is 0. The molecule has 23 heavy (non-hydrogen) atoms. The average Bonchev–Trinajstić information content (AvgIpc) is 2.39. The SMILES string of the molecule is F[P-](F)(F)(F)(F)F.[C-]#[N+]c1ccc(Oc2ccc([SH2+])cc2)cc1. The van der Waals surface area contributed by atoms with Gasteiger partial charge in [0.2, 0.25) is 0 Å². The number of ether oxygens (including phenoxy) is 1. The third-order valence-electron chi connectivity index (χ3n) is 2.06. The van der Waals surface area contributed by atoms with E-state index < -0.39 is 7.81 Å². The summed E-state index contributed by atoms with van der Waals surface area (Å²) < 4.78 is 64.8. The van der Waals surface area contributed by atoms with Crippen LogP contribution in [0.4, 0.5) is 30.9 Å². The molecule has 0 unspecified atom stereocenters. The summed E-state index contributed by atoms with van der Waals surface area (Å²) >= 11 is 3.41. The smallest absolute Gasteiger partial charge is 0.187 e. The van der Waals surface area contributed by atoms with E-state index in [-0.39, 0.29) is 0 Å². The second-order valence-corrected chi connectivity index (χ2v) is 6.68. The zero-order valence-electron chi connectivity index (χ0n) is 11.2. The summed E-state index contributed by atoms with van der Waals surface area (Å²) in [6.45, 7) is 6.84. The van der Waals surface area contributed by atoms with Crippen LogP contribution in [0.5, 0.6) is 11.5 Å². The molecule has 0 amide bonds. The van der Waals surface area contributed by atoms with Crippen LogP contribution in [-0.4, -0.2) is 0 Å². The van der Waals surface area contributed by atoms with E-state index in [1.807, 2.05) is 24.3 Å². The number of benzene rings is 2. The topological polar surface area (TPSA) is 13.6 Å². The first kappa shape index (κ1) is 19.1. The van der Waals surface area contributed by atoms with Gasteiger partial charge >= 0.3 is 33.0 Å². The zero-order valence-corrected chi connectivity index (χ0v) is 13.1. The maximum absolute atomic E-state index is 10.7. The Kier molecular flexibility index (Phi) is 4.95. The molecular formula is C13H10F6NOPS. The van der Waals surface area contributed by atoms with Crippen LogP contribution in [0.2, 0.25) is 0 Å². The van der Waals surface area contributed by atoms with Crippen molar-refractivity contribution in [3.8, 4) is 11.5 Å². The van der Waals surface area contributed by atoms with Gasteiger partial charge in [0.05, 0.1) is 6.57 Å². The second kappa shape index (κ2) is 5.95. The van der Waals surface area contributed by atoms with Gasteiger partial charge in [-0.25, -0.2) is 4.85 Å². The molecule has 0 bridgehead atoms. The molecule has 0 saturated carbocycles. The summed E-state index contributed by atoms with van der Waals surface area (Å²) in [7, 11) is -10.7. The molecule has 2 aromatic carbocycles. The van der Waals surface area contributed by atoms with Gasteiger partial charge in [-0.3, -0.25) is 0 Å². The standard InChI is InChI=1S/C13H9NOS.F6P/c1-14-10-2-4-11(5-3-10)15-12-6-8-13(16)9-7-12;1-7(2,3,4,5)6/h2-9,16H;/q;-1/p+1. The summed E-state index contributed by atoms with van der Waals surface area (Å²) in [5.41, 5.74) is 0.614.